The molecular weight excluding hydrogens is 268 g/mol. The van der Waals surface area contributed by atoms with Crippen LogP contribution in [0, 0.1) is 13.8 Å². The summed E-state index contributed by atoms with van der Waals surface area (Å²) < 4.78 is 0. The van der Waals surface area contributed by atoms with Crippen LogP contribution in [0.25, 0.3) is 0 Å². The van der Waals surface area contributed by atoms with Crippen LogP contribution in [0.1, 0.15) is 20.1 Å². The van der Waals surface area contributed by atoms with Crippen LogP contribution in [-0.2, 0) is 0 Å². The summed E-state index contributed by atoms with van der Waals surface area (Å²) in [6, 6.07) is 6.92. The first-order valence-corrected chi connectivity index (χ1v) is 6.60. The molecule has 1 heterocycles. The predicted molar refractivity (Wildman–Crippen MR) is 77.6 cm³/mol. The minimum atomic E-state index is -0.127. The Balaban J connectivity index is 2.18. The van der Waals surface area contributed by atoms with Gasteiger partial charge in [0.2, 0.25) is 0 Å². The maximum absolute atomic E-state index is 12.0. The lowest BCUT2D eigenvalue weighted by molar-refractivity contribution is 0.103. The second kappa shape index (κ2) is 5.00. The topological polar surface area (TPSA) is 55.1 Å². The van der Waals surface area contributed by atoms with Gasteiger partial charge in [0.05, 0.1) is 15.6 Å². The largest absolute Gasteiger partial charge is 0.397 e. The lowest BCUT2D eigenvalue weighted by atomic mass is 10.2. The molecule has 5 heteroatoms. The van der Waals surface area contributed by atoms with Crippen LogP contribution in [0.15, 0.2) is 24.3 Å². The van der Waals surface area contributed by atoms with E-state index in [1.807, 2.05) is 19.9 Å². The lowest BCUT2D eigenvalue weighted by Gasteiger charge is -2.05. The summed E-state index contributed by atoms with van der Waals surface area (Å²) in [6.07, 6.45) is 0. The van der Waals surface area contributed by atoms with Gasteiger partial charge in [-0.2, -0.15) is 0 Å². The van der Waals surface area contributed by atoms with Crippen LogP contribution in [0.4, 0.5) is 11.4 Å². The Hall–Kier alpha value is -1.52. The zero-order chi connectivity index (χ0) is 13.3. The van der Waals surface area contributed by atoms with Crippen molar-refractivity contribution in [3.63, 3.8) is 0 Å². The summed E-state index contributed by atoms with van der Waals surface area (Å²) in [5, 5.41) is 3.28. The predicted octanol–water partition coefficient (Wildman–Crippen LogP) is 3.85. The number of rotatable bonds is 2. The fourth-order valence-corrected chi connectivity index (χ4v) is 2.55. The van der Waals surface area contributed by atoms with Gasteiger partial charge in [-0.1, -0.05) is 11.6 Å². The molecule has 0 aliphatic heterocycles. The highest BCUT2D eigenvalue weighted by Crippen LogP contribution is 2.25. The fraction of sp³-hybridized carbons (Fsp3) is 0.154. The maximum atomic E-state index is 12.0. The number of anilines is 2. The number of nitrogens with two attached hydrogens (primary N) is 1. The summed E-state index contributed by atoms with van der Waals surface area (Å²) in [7, 11) is 0. The molecule has 0 unspecified atom stereocenters. The molecule has 0 bridgehead atoms. The van der Waals surface area contributed by atoms with Crippen LogP contribution in [0.2, 0.25) is 5.02 Å². The third-order valence-corrected chi connectivity index (χ3v) is 4.14. The van der Waals surface area contributed by atoms with Crippen LogP contribution in [0.3, 0.4) is 0 Å². The van der Waals surface area contributed by atoms with Gasteiger partial charge in [-0.15, -0.1) is 11.3 Å². The number of carbonyl (C=O) groups is 1. The quantitative estimate of drug-likeness (QED) is 0.821. The SMILES string of the molecule is Cc1cc(C(=O)Nc2ccc(Cl)c(N)c2)sc1C. The Bertz CT molecular complexity index is 588. The number of hydrogen-bond donors (Lipinski definition) is 2. The third-order valence-electron chi connectivity index (χ3n) is 2.64. The number of thiophene rings is 1. The van der Waals surface area contributed by atoms with Crippen molar-refractivity contribution in [1.29, 1.82) is 0 Å². The number of nitrogen functional groups attached to an aromatic ring is 1. The molecule has 18 heavy (non-hydrogen) atoms. The molecule has 0 aliphatic carbocycles. The molecule has 94 valence electrons. The maximum Gasteiger partial charge on any atom is 0.265 e. The Morgan fingerprint density at radius 1 is 1.33 bits per heavy atom. The smallest absolute Gasteiger partial charge is 0.265 e. The van der Waals surface area contributed by atoms with E-state index in [4.69, 9.17) is 17.3 Å². The molecule has 1 aromatic heterocycles. The molecule has 0 spiro atoms. The first-order chi connectivity index (χ1) is 8.47. The summed E-state index contributed by atoms with van der Waals surface area (Å²) >= 11 is 7.30. The molecule has 0 atom stereocenters. The molecule has 0 fully saturated rings. The van der Waals surface area contributed by atoms with Gasteiger partial charge in [0.25, 0.3) is 5.91 Å². The Labute approximate surface area is 115 Å². The van der Waals surface area contributed by atoms with Gasteiger partial charge in [-0.05, 0) is 43.7 Å². The number of nitrogens with one attached hydrogen (secondary N) is 1. The summed E-state index contributed by atoms with van der Waals surface area (Å²) in [5.74, 6) is -0.127. The molecular formula is C13H13ClN2OS. The number of hydrogen-bond acceptors (Lipinski definition) is 3. The molecule has 2 aromatic rings. The summed E-state index contributed by atoms with van der Waals surface area (Å²) in [6.45, 7) is 3.99. The number of amides is 1. The van der Waals surface area contributed by atoms with E-state index in [-0.39, 0.29) is 5.91 Å². The molecule has 0 radical (unpaired) electrons. The molecule has 0 saturated heterocycles. The molecule has 3 nitrogen and oxygen atoms in total. The molecule has 3 N–H and O–H groups in total. The normalized spacial score (nSPS) is 10.4. The lowest BCUT2D eigenvalue weighted by Crippen LogP contribution is -2.10. The molecule has 2 rings (SSSR count). The van der Waals surface area contributed by atoms with Gasteiger partial charge in [0, 0.05) is 10.6 Å². The van der Waals surface area contributed by atoms with Crippen molar-refractivity contribution >= 4 is 40.2 Å². The van der Waals surface area contributed by atoms with Crippen molar-refractivity contribution in [2.24, 2.45) is 0 Å². The standard InChI is InChI=1S/C13H13ClN2OS/c1-7-5-12(18-8(7)2)13(17)16-9-3-4-10(14)11(15)6-9/h3-6H,15H2,1-2H3,(H,16,17). The second-order valence-electron chi connectivity index (χ2n) is 4.04. The van der Waals surface area contributed by atoms with Gasteiger partial charge in [-0.3, -0.25) is 4.79 Å². The molecule has 0 saturated carbocycles. The van der Waals surface area contributed by atoms with Crippen LogP contribution in [-0.4, -0.2) is 5.91 Å². The number of carbonyl (C=O) groups excluding carboxylic acids is 1. The van der Waals surface area contributed by atoms with Crippen molar-refractivity contribution in [3.8, 4) is 0 Å². The molecule has 0 aliphatic rings. The van der Waals surface area contributed by atoms with Gasteiger partial charge in [0.15, 0.2) is 0 Å². The van der Waals surface area contributed by atoms with Crippen molar-refractivity contribution < 1.29 is 4.79 Å². The second-order valence-corrected chi connectivity index (χ2v) is 5.70. The highest BCUT2D eigenvalue weighted by Gasteiger charge is 2.11. The van der Waals surface area contributed by atoms with Crippen molar-refractivity contribution in [2.45, 2.75) is 13.8 Å². The summed E-state index contributed by atoms with van der Waals surface area (Å²) in [5.41, 5.74) is 7.90. The Kier molecular flexibility index (Phi) is 3.59. The highest BCUT2D eigenvalue weighted by atomic mass is 35.5. The van der Waals surface area contributed by atoms with Crippen LogP contribution >= 0.6 is 22.9 Å². The van der Waals surface area contributed by atoms with E-state index in [0.29, 0.717) is 21.3 Å². The highest BCUT2D eigenvalue weighted by molar-refractivity contribution is 7.14. The zero-order valence-corrected chi connectivity index (χ0v) is 11.7. The van der Waals surface area contributed by atoms with Gasteiger partial charge in [-0.25, -0.2) is 0 Å². The first kappa shape index (κ1) is 12.9. The minimum Gasteiger partial charge on any atom is -0.397 e. The van der Waals surface area contributed by atoms with Crippen LogP contribution < -0.4 is 11.1 Å². The molecule has 1 amide bonds. The minimum absolute atomic E-state index is 0.127. The van der Waals surface area contributed by atoms with Crippen molar-refractivity contribution in [1.82, 2.24) is 0 Å². The average molecular weight is 281 g/mol. The van der Waals surface area contributed by atoms with E-state index >= 15 is 0 Å². The molecule has 1 aromatic carbocycles. The average Bonchev–Trinajstić information content (AvgIpc) is 2.65. The van der Waals surface area contributed by atoms with Crippen molar-refractivity contribution in [2.75, 3.05) is 11.1 Å². The van der Waals surface area contributed by atoms with Crippen molar-refractivity contribution in [3.05, 3.63) is 44.6 Å². The van der Waals surface area contributed by atoms with Gasteiger partial charge in [0.1, 0.15) is 0 Å². The third kappa shape index (κ3) is 2.66. The Morgan fingerprint density at radius 3 is 2.61 bits per heavy atom. The van der Waals surface area contributed by atoms with Crippen LogP contribution in [0.5, 0.6) is 0 Å². The van der Waals surface area contributed by atoms with E-state index in [9.17, 15) is 4.79 Å². The van der Waals surface area contributed by atoms with E-state index in [1.54, 1.807) is 18.2 Å². The number of benzene rings is 1. The zero-order valence-electron chi connectivity index (χ0n) is 10.1. The fourth-order valence-electron chi connectivity index (χ4n) is 1.50. The first-order valence-electron chi connectivity index (χ1n) is 5.41. The number of halogens is 1. The van der Waals surface area contributed by atoms with E-state index in [2.05, 4.69) is 5.32 Å². The number of aryl methyl sites for hydroxylation is 2. The summed E-state index contributed by atoms with van der Waals surface area (Å²) in [4.78, 5) is 13.8. The van der Waals surface area contributed by atoms with E-state index < -0.39 is 0 Å². The van der Waals surface area contributed by atoms with Gasteiger partial charge >= 0.3 is 0 Å². The van der Waals surface area contributed by atoms with E-state index in [0.717, 1.165) is 10.4 Å². The van der Waals surface area contributed by atoms with E-state index in [1.165, 1.54) is 11.3 Å². The monoisotopic (exact) mass is 280 g/mol. The Morgan fingerprint density at radius 2 is 2.06 bits per heavy atom. The van der Waals surface area contributed by atoms with Gasteiger partial charge < -0.3 is 11.1 Å².